The molecule has 1 aromatic carbocycles. The fourth-order valence-electron chi connectivity index (χ4n) is 5.39. The Labute approximate surface area is 185 Å². The Kier molecular flexibility index (Phi) is 6.14. The molecule has 1 aromatic rings. The van der Waals surface area contributed by atoms with Crippen molar-refractivity contribution in [1.29, 1.82) is 0 Å². The van der Waals surface area contributed by atoms with Crippen LogP contribution in [0.5, 0.6) is 0 Å². The number of rotatable bonds is 3. The van der Waals surface area contributed by atoms with E-state index in [1.54, 1.807) is 23.1 Å². The van der Waals surface area contributed by atoms with Gasteiger partial charge in [-0.25, -0.2) is 8.42 Å². The number of amides is 2. The fourth-order valence-corrected chi connectivity index (χ4v) is 6.91. The summed E-state index contributed by atoms with van der Waals surface area (Å²) in [5, 5.41) is 0. The Morgan fingerprint density at radius 1 is 1.03 bits per heavy atom. The third kappa shape index (κ3) is 4.24. The second-order valence-corrected chi connectivity index (χ2v) is 11.4. The van der Waals surface area contributed by atoms with E-state index < -0.39 is 10.0 Å². The molecule has 170 valence electrons. The number of carbonyl (C=O) groups excluding carboxylic acids is 2. The highest BCUT2D eigenvalue weighted by atomic mass is 32.2. The van der Waals surface area contributed by atoms with E-state index in [2.05, 4.69) is 6.92 Å². The number of benzene rings is 1. The number of carbonyl (C=O) groups is 2. The van der Waals surface area contributed by atoms with Crippen molar-refractivity contribution >= 4 is 27.5 Å². The van der Waals surface area contributed by atoms with E-state index in [1.165, 1.54) is 17.6 Å². The van der Waals surface area contributed by atoms with Crippen LogP contribution in [0.25, 0.3) is 0 Å². The smallest absolute Gasteiger partial charge is 0.243 e. The van der Waals surface area contributed by atoms with E-state index in [4.69, 9.17) is 0 Å². The molecule has 7 nitrogen and oxygen atoms in total. The first kappa shape index (κ1) is 22.3. The summed E-state index contributed by atoms with van der Waals surface area (Å²) in [5.41, 5.74) is 1.70. The van der Waals surface area contributed by atoms with Gasteiger partial charge in [-0.05, 0) is 68.7 Å². The van der Waals surface area contributed by atoms with Crippen molar-refractivity contribution < 1.29 is 18.0 Å². The second kappa shape index (κ2) is 8.54. The molecule has 8 heteroatoms. The van der Waals surface area contributed by atoms with Gasteiger partial charge in [0.1, 0.15) is 0 Å². The third-order valence-electron chi connectivity index (χ3n) is 7.02. The second-order valence-electron chi connectivity index (χ2n) is 9.44. The van der Waals surface area contributed by atoms with Crippen LogP contribution in [-0.4, -0.2) is 61.7 Å². The van der Waals surface area contributed by atoms with Crippen molar-refractivity contribution in [3.63, 3.8) is 0 Å². The van der Waals surface area contributed by atoms with Crippen LogP contribution in [-0.2, 0) is 26.0 Å². The van der Waals surface area contributed by atoms with Crippen molar-refractivity contribution in [2.75, 3.05) is 31.1 Å². The van der Waals surface area contributed by atoms with E-state index in [-0.39, 0.29) is 28.7 Å². The lowest BCUT2D eigenvalue weighted by Crippen LogP contribution is -2.46. The van der Waals surface area contributed by atoms with Crippen molar-refractivity contribution in [2.45, 2.75) is 63.8 Å². The van der Waals surface area contributed by atoms with Gasteiger partial charge >= 0.3 is 0 Å². The van der Waals surface area contributed by atoms with Gasteiger partial charge in [0.15, 0.2) is 0 Å². The molecule has 3 aliphatic heterocycles. The molecule has 0 radical (unpaired) electrons. The molecule has 0 unspecified atom stereocenters. The molecule has 0 N–H and O–H groups in total. The van der Waals surface area contributed by atoms with Crippen LogP contribution >= 0.6 is 0 Å². The third-order valence-corrected chi connectivity index (χ3v) is 8.91. The SMILES string of the molecule is CC(=O)N1c2ccc(S(=O)(=O)N3CCC(C(=O)N4CCC[C@H](C)C4)CC3)cc2C[C@H]1C. The first-order valence-corrected chi connectivity index (χ1v) is 12.8. The maximum absolute atomic E-state index is 13.3. The summed E-state index contributed by atoms with van der Waals surface area (Å²) in [7, 11) is -3.62. The van der Waals surface area contributed by atoms with Crippen LogP contribution in [0.1, 0.15) is 52.0 Å². The first-order chi connectivity index (χ1) is 14.7. The average Bonchev–Trinajstić information content (AvgIpc) is 3.08. The van der Waals surface area contributed by atoms with Gasteiger partial charge in [0.25, 0.3) is 0 Å². The Bertz CT molecular complexity index is 969. The number of sulfonamides is 1. The van der Waals surface area contributed by atoms with Gasteiger partial charge in [-0.3, -0.25) is 9.59 Å². The average molecular weight is 448 g/mol. The molecular formula is C23H33N3O4S. The lowest BCUT2D eigenvalue weighted by Gasteiger charge is -2.36. The van der Waals surface area contributed by atoms with E-state index in [9.17, 15) is 18.0 Å². The van der Waals surface area contributed by atoms with Crippen LogP contribution in [0.4, 0.5) is 5.69 Å². The zero-order valence-electron chi connectivity index (χ0n) is 18.7. The predicted molar refractivity (Wildman–Crippen MR) is 119 cm³/mol. The lowest BCUT2D eigenvalue weighted by molar-refractivity contribution is -0.138. The van der Waals surface area contributed by atoms with Crippen LogP contribution in [0.2, 0.25) is 0 Å². The number of anilines is 1. The molecule has 3 heterocycles. The molecule has 0 bridgehead atoms. The van der Waals surface area contributed by atoms with Crippen LogP contribution in [0.3, 0.4) is 0 Å². The maximum Gasteiger partial charge on any atom is 0.243 e. The van der Waals surface area contributed by atoms with E-state index in [1.807, 2.05) is 11.8 Å². The van der Waals surface area contributed by atoms with E-state index in [0.29, 0.717) is 38.3 Å². The first-order valence-electron chi connectivity index (χ1n) is 11.4. The summed E-state index contributed by atoms with van der Waals surface area (Å²) in [4.78, 5) is 28.8. The van der Waals surface area contributed by atoms with Crippen LogP contribution < -0.4 is 4.90 Å². The highest BCUT2D eigenvalue weighted by molar-refractivity contribution is 7.89. The number of fused-ring (bicyclic) bond motifs is 1. The van der Waals surface area contributed by atoms with Crippen LogP contribution in [0, 0.1) is 11.8 Å². The topological polar surface area (TPSA) is 78.0 Å². The molecule has 0 spiro atoms. The molecule has 0 aliphatic carbocycles. The van der Waals surface area contributed by atoms with Crippen molar-refractivity contribution in [2.24, 2.45) is 11.8 Å². The Balaban J connectivity index is 1.43. The Morgan fingerprint density at radius 3 is 2.39 bits per heavy atom. The largest absolute Gasteiger partial charge is 0.342 e. The summed E-state index contributed by atoms with van der Waals surface area (Å²) in [5.74, 6) is 0.623. The van der Waals surface area contributed by atoms with Crippen molar-refractivity contribution in [3.05, 3.63) is 23.8 Å². The summed E-state index contributed by atoms with van der Waals surface area (Å²) in [6.45, 7) is 8.08. The minimum absolute atomic E-state index is 0.0308. The Morgan fingerprint density at radius 2 is 1.74 bits per heavy atom. The van der Waals surface area contributed by atoms with Crippen molar-refractivity contribution in [3.8, 4) is 0 Å². The number of hydrogen-bond donors (Lipinski definition) is 0. The fraction of sp³-hybridized carbons (Fsp3) is 0.652. The van der Waals surface area contributed by atoms with Gasteiger partial charge in [0.05, 0.1) is 4.90 Å². The number of hydrogen-bond acceptors (Lipinski definition) is 4. The van der Waals surface area contributed by atoms with E-state index >= 15 is 0 Å². The number of likely N-dealkylation sites (tertiary alicyclic amines) is 1. The van der Waals surface area contributed by atoms with Gasteiger partial charge in [0.2, 0.25) is 21.8 Å². The predicted octanol–water partition coefficient (Wildman–Crippen LogP) is 2.64. The standard InChI is InChI=1S/C23H33N3O4S/c1-16-5-4-10-24(15-16)23(28)19-8-11-25(12-9-19)31(29,30)21-6-7-22-20(14-21)13-17(2)26(22)18(3)27/h6-7,14,16-17,19H,4-5,8-13,15H2,1-3H3/t16-,17+/m0/s1. The minimum atomic E-state index is -3.62. The summed E-state index contributed by atoms with van der Waals surface area (Å²) in [6, 6.07) is 5.11. The van der Waals surface area contributed by atoms with Crippen LogP contribution in [0.15, 0.2) is 23.1 Å². The highest BCUT2D eigenvalue weighted by Crippen LogP contribution is 2.35. The van der Waals surface area contributed by atoms with Gasteiger partial charge in [-0.1, -0.05) is 6.92 Å². The molecule has 0 aromatic heterocycles. The minimum Gasteiger partial charge on any atom is -0.342 e. The molecule has 2 fully saturated rings. The maximum atomic E-state index is 13.3. The zero-order valence-corrected chi connectivity index (χ0v) is 19.5. The monoisotopic (exact) mass is 447 g/mol. The quantitative estimate of drug-likeness (QED) is 0.714. The molecule has 2 saturated heterocycles. The van der Waals surface area contributed by atoms with Gasteiger partial charge in [0, 0.05) is 50.7 Å². The zero-order chi connectivity index (χ0) is 22.3. The highest BCUT2D eigenvalue weighted by Gasteiger charge is 2.36. The molecular weight excluding hydrogens is 414 g/mol. The van der Waals surface area contributed by atoms with Gasteiger partial charge in [-0.2, -0.15) is 4.31 Å². The van der Waals surface area contributed by atoms with E-state index in [0.717, 1.165) is 30.8 Å². The van der Waals surface area contributed by atoms with Crippen molar-refractivity contribution in [1.82, 2.24) is 9.21 Å². The molecule has 2 atom stereocenters. The number of piperidine rings is 2. The summed E-state index contributed by atoms with van der Waals surface area (Å²) >= 11 is 0. The number of nitrogens with zero attached hydrogens (tertiary/aromatic N) is 3. The molecule has 31 heavy (non-hydrogen) atoms. The normalized spacial score (nSPS) is 25.5. The van der Waals surface area contributed by atoms with Gasteiger partial charge in [-0.15, -0.1) is 0 Å². The lowest BCUT2D eigenvalue weighted by atomic mass is 9.93. The van der Waals surface area contributed by atoms with Gasteiger partial charge < -0.3 is 9.80 Å². The molecule has 3 aliphatic rings. The summed E-state index contributed by atoms with van der Waals surface area (Å²) < 4.78 is 28.0. The molecule has 0 saturated carbocycles. The molecule has 2 amide bonds. The molecule has 4 rings (SSSR count). The Hall–Kier alpha value is -1.93. The summed E-state index contributed by atoms with van der Waals surface area (Å²) in [6.07, 6.45) is 4.03.